The van der Waals surface area contributed by atoms with Crippen LogP contribution in [0.4, 0.5) is 0 Å². The van der Waals surface area contributed by atoms with Crippen LogP contribution in [0.2, 0.25) is 0 Å². The Morgan fingerprint density at radius 3 is 2.18 bits per heavy atom. The number of amides is 1. The molecule has 0 unspecified atom stereocenters. The highest BCUT2D eigenvalue weighted by atomic mass is 16.5. The molecular weight excluding hydrogens is 142 g/mol. The van der Waals surface area contributed by atoms with Gasteiger partial charge in [0.05, 0.1) is 5.92 Å². The van der Waals surface area contributed by atoms with Crippen molar-refractivity contribution in [3.05, 3.63) is 0 Å². The molecule has 0 saturated carbocycles. The Balaban J connectivity index is 4.02. The molecular formula is C8H9NO2. The summed E-state index contributed by atoms with van der Waals surface area (Å²) in [7, 11) is 0. The molecule has 0 saturated heterocycles. The topological polar surface area (TPSA) is 49.3 Å². The maximum Gasteiger partial charge on any atom is 0.248 e. The number of carbonyl (C=O) groups is 1. The molecule has 3 heteroatoms. The Morgan fingerprint density at radius 2 is 1.91 bits per heavy atom. The Morgan fingerprint density at radius 1 is 1.45 bits per heavy atom. The van der Waals surface area contributed by atoms with Crippen molar-refractivity contribution in [3.8, 4) is 24.7 Å². The first kappa shape index (κ1) is 9.55. The van der Waals surface area contributed by atoms with Crippen molar-refractivity contribution in [2.75, 3.05) is 0 Å². The molecule has 0 heterocycles. The molecule has 0 spiro atoms. The van der Waals surface area contributed by atoms with Crippen molar-refractivity contribution < 1.29 is 10.0 Å². The zero-order chi connectivity index (χ0) is 8.69. The molecule has 0 radical (unpaired) electrons. The van der Waals surface area contributed by atoms with Gasteiger partial charge in [0.25, 0.3) is 0 Å². The summed E-state index contributed by atoms with van der Waals surface area (Å²) in [6.07, 6.45) is 10.4. The standard InChI is InChI=1S/C8H9NO2/c1-3-5-7(6-4-2)8(10)9-11/h1-2,7,11H,5-6H2,(H,9,10). The minimum Gasteiger partial charge on any atom is -0.289 e. The first-order chi connectivity index (χ1) is 5.26. The van der Waals surface area contributed by atoms with E-state index >= 15 is 0 Å². The molecule has 0 fully saturated rings. The average molecular weight is 151 g/mol. The van der Waals surface area contributed by atoms with Crippen LogP contribution in [-0.4, -0.2) is 11.1 Å². The predicted molar refractivity (Wildman–Crippen MR) is 40.3 cm³/mol. The van der Waals surface area contributed by atoms with Crippen LogP contribution >= 0.6 is 0 Å². The first-order valence-corrected chi connectivity index (χ1v) is 3.07. The molecule has 2 N–H and O–H groups in total. The van der Waals surface area contributed by atoms with Gasteiger partial charge in [0.1, 0.15) is 0 Å². The number of terminal acetylenes is 2. The lowest BCUT2D eigenvalue weighted by Crippen LogP contribution is -2.27. The smallest absolute Gasteiger partial charge is 0.248 e. The molecule has 0 atom stereocenters. The van der Waals surface area contributed by atoms with E-state index in [2.05, 4.69) is 11.8 Å². The van der Waals surface area contributed by atoms with Crippen molar-refractivity contribution in [3.63, 3.8) is 0 Å². The minimum atomic E-state index is -0.527. The highest BCUT2D eigenvalue weighted by Crippen LogP contribution is 2.05. The second-order valence-corrected chi connectivity index (χ2v) is 1.99. The van der Waals surface area contributed by atoms with Crippen LogP contribution in [0.25, 0.3) is 0 Å². The van der Waals surface area contributed by atoms with Gasteiger partial charge in [-0.15, -0.1) is 24.7 Å². The Labute approximate surface area is 65.8 Å². The molecule has 11 heavy (non-hydrogen) atoms. The average Bonchev–Trinajstić information content (AvgIpc) is 2.03. The van der Waals surface area contributed by atoms with Crippen molar-refractivity contribution in [1.82, 2.24) is 5.48 Å². The summed E-state index contributed by atoms with van der Waals surface area (Å²) < 4.78 is 0. The van der Waals surface area contributed by atoms with Crippen LogP contribution in [-0.2, 0) is 4.79 Å². The maximum absolute atomic E-state index is 10.7. The lowest BCUT2D eigenvalue weighted by Gasteiger charge is -2.06. The van der Waals surface area contributed by atoms with Crippen molar-refractivity contribution >= 4 is 5.91 Å². The molecule has 0 rings (SSSR count). The molecule has 0 aliphatic heterocycles. The second kappa shape index (κ2) is 5.34. The third-order valence-corrected chi connectivity index (χ3v) is 1.21. The number of hydrogen-bond acceptors (Lipinski definition) is 2. The quantitative estimate of drug-likeness (QED) is 0.343. The number of rotatable bonds is 3. The van der Waals surface area contributed by atoms with Crippen LogP contribution < -0.4 is 5.48 Å². The fraction of sp³-hybridized carbons (Fsp3) is 0.375. The number of hydroxylamine groups is 1. The summed E-state index contributed by atoms with van der Waals surface area (Å²) >= 11 is 0. The SMILES string of the molecule is C#CCC(CC#C)C(=O)NO. The molecule has 0 bridgehead atoms. The van der Waals surface area contributed by atoms with E-state index in [1.54, 1.807) is 0 Å². The van der Waals surface area contributed by atoms with Gasteiger partial charge in [-0.1, -0.05) is 0 Å². The Bertz CT molecular complexity index is 193. The van der Waals surface area contributed by atoms with Gasteiger partial charge in [-0.3, -0.25) is 10.0 Å². The maximum atomic E-state index is 10.7. The summed E-state index contributed by atoms with van der Waals surface area (Å²) in [6.45, 7) is 0. The van der Waals surface area contributed by atoms with Gasteiger partial charge in [0.2, 0.25) is 5.91 Å². The van der Waals surface area contributed by atoms with Gasteiger partial charge in [-0.05, 0) is 0 Å². The second-order valence-electron chi connectivity index (χ2n) is 1.99. The summed E-state index contributed by atoms with van der Waals surface area (Å²) in [5.74, 6) is 3.60. The third kappa shape index (κ3) is 3.30. The predicted octanol–water partition coefficient (Wildman–Crippen LogP) is 0.155. The highest BCUT2D eigenvalue weighted by molar-refractivity contribution is 5.78. The third-order valence-electron chi connectivity index (χ3n) is 1.21. The van der Waals surface area contributed by atoms with E-state index in [0.29, 0.717) is 0 Å². The molecule has 0 aromatic carbocycles. The van der Waals surface area contributed by atoms with Crippen LogP contribution in [0.1, 0.15) is 12.8 Å². The fourth-order valence-electron chi connectivity index (χ4n) is 0.633. The fourth-order valence-corrected chi connectivity index (χ4v) is 0.633. The molecule has 3 nitrogen and oxygen atoms in total. The monoisotopic (exact) mass is 151 g/mol. The van der Waals surface area contributed by atoms with Crippen LogP contribution in [0.3, 0.4) is 0 Å². The zero-order valence-electron chi connectivity index (χ0n) is 6.00. The summed E-state index contributed by atoms with van der Waals surface area (Å²) in [4.78, 5) is 10.7. The lowest BCUT2D eigenvalue weighted by atomic mass is 10.0. The number of nitrogens with one attached hydrogen (secondary N) is 1. The van der Waals surface area contributed by atoms with Crippen molar-refractivity contribution in [2.24, 2.45) is 5.92 Å². The molecule has 1 amide bonds. The van der Waals surface area contributed by atoms with Crippen LogP contribution in [0.5, 0.6) is 0 Å². The highest BCUT2D eigenvalue weighted by Gasteiger charge is 2.14. The summed E-state index contributed by atoms with van der Waals surface area (Å²) in [6, 6.07) is 0. The lowest BCUT2D eigenvalue weighted by molar-refractivity contribution is -0.133. The largest absolute Gasteiger partial charge is 0.289 e. The molecule has 0 aliphatic carbocycles. The normalized spacial score (nSPS) is 8.36. The van der Waals surface area contributed by atoms with Gasteiger partial charge in [0.15, 0.2) is 0 Å². The van der Waals surface area contributed by atoms with E-state index < -0.39 is 11.8 Å². The van der Waals surface area contributed by atoms with Gasteiger partial charge in [0, 0.05) is 12.8 Å². The van der Waals surface area contributed by atoms with Crippen molar-refractivity contribution in [1.29, 1.82) is 0 Å². The van der Waals surface area contributed by atoms with Gasteiger partial charge < -0.3 is 0 Å². The Kier molecular flexibility index (Phi) is 4.64. The number of carbonyl (C=O) groups excluding carboxylic acids is 1. The molecule has 0 aliphatic rings. The molecule has 0 aromatic rings. The van der Waals surface area contributed by atoms with E-state index in [0.717, 1.165) is 0 Å². The van der Waals surface area contributed by atoms with Crippen molar-refractivity contribution in [2.45, 2.75) is 12.8 Å². The van der Waals surface area contributed by atoms with E-state index in [-0.39, 0.29) is 12.8 Å². The van der Waals surface area contributed by atoms with Crippen LogP contribution in [0.15, 0.2) is 0 Å². The van der Waals surface area contributed by atoms with Gasteiger partial charge >= 0.3 is 0 Å². The molecule has 0 aromatic heterocycles. The minimum absolute atomic E-state index is 0.247. The van der Waals surface area contributed by atoms with E-state index in [4.69, 9.17) is 18.1 Å². The van der Waals surface area contributed by atoms with Crippen LogP contribution in [0, 0.1) is 30.6 Å². The van der Waals surface area contributed by atoms with Gasteiger partial charge in [-0.2, -0.15) is 0 Å². The van der Waals surface area contributed by atoms with E-state index in [9.17, 15) is 4.79 Å². The summed E-state index contributed by atoms with van der Waals surface area (Å²) in [5, 5.41) is 8.22. The first-order valence-electron chi connectivity index (χ1n) is 3.07. The summed E-state index contributed by atoms with van der Waals surface area (Å²) in [5.41, 5.74) is 1.50. The van der Waals surface area contributed by atoms with Gasteiger partial charge in [-0.25, -0.2) is 5.48 Å². The number of hydrogen-bond donors (Lipinski definition) is 2. The zero-order valence-corrected chi connectivity index (χ0v) is 6.00. The Hall–Kier alpha value is -1.45. The van der Waals surface area contributed by atoms with E-state index in [1.807, 2.05) is 0 Å². The molecule has 58 valence electrons. The van der Waals surface area contributed by atoms with E-state index in [1.165, 1.54) is 5.48 Å².